The lowest BCUT2D eigenvalue weighted by molar-refractivity contribution is -0.113. The number of thioether (sulfide) groups is 1. The number of nitrogens with one attached hydrogen (secondary N) is 1. The topological polar surface area (TPSA) is 64.0 Å². The average Bonchev–Trinajstić information content (AvgIpc) is 2.65. The first-order valence-electron chi connectivity index (χ1n) is 8.38. The van der Waals surface area contributed by atoms with Crippen LogP contribution in [0, 0.1) is 19.7 Å². The Bertz CT molecular complexity index is 1100. The van der Waals surface area contributed by atoms with Crippen LogP contribution in [0.3, 0.4) is 0 Å². The number of aryl methyl sites for hydroxylation is 2. The predicted molar refractivity (Wildman–Crippen MR) is 110 cm³/mol. The maximum atomic E-state index is 13.4. The third-order valence-electron chi connectivity index (χ3n) is 3.99. The fraction of sp³-hybridized carbons (Fsp3) is 0.150. The maximum absolute atomic E-state index is 13.4. The standard InChI is InChI=1S/C20H17ClFN3O2S/c1-12-3-6-17(13(2)9-12)24-18(26)11-28-19-20(27)25(8-7-23-19)14-4-5-16(22)15(21)10-14/h3-10H,11H2,1-2H3,(H,24,26). The summed E-state index contributed by atoms with van der Waals surface area (Å²) in [6.45, 7) is 3.90. The molecule has 0 saturated carbocycles. The minimum Gasteiger partial charge on any atom is -0.325 e. The number of amides is 1. The number of hydrogen-bond acceptors (Lipinski definition) is 4. The van der Waals surface area contributed by atoms with E-state index in [1.165, 1.54) is 35.2 Å². The SMILES string of the molecule is Cc1ccc(NC(=O)CSc2nccn(-c3ccc(F)c(Cl)c3)c2=O)c(C)c1. The van der Waals surface area contributed by atoms with Crippen molar-refractivity contribution in [2.75, 3.05) is 11.1 Å². The molecule has 0 spiro atoms. The molecule has 0 radical (unpaired) electrons. The monoisotopic (exact) mass is 417 g/mol. The molecule has 2 aromatic carbocycles. The summed E-state index contributed by atoms with van der Waals surface area (Å²) in [6, 6.07) is 9.74. The van der Waals surface area contributed by atoms with Crippen LogP contribution in [0.2, 0.25) is 5.02 Å². The molecule has 0 atom stereocenters. The van der Waals surface area contributed by atoms with Gasteiger partial charge in [0.1, 0.15) is 5.82 Å². The Labute approximate surface area is 170 Å². The van der Waals surface area contributed by atoms with Crippen molar-refractivity contribution >= 4 is 35.0 Å². The van der Waals surface area contributed by atoms with E-state index < -0.39 is 11.4 Å². The van der Waals surface area contributed by atoms with Gasteiger partial charge in [0.15, 0.2) is 5.03 Å². The van der Waals surface area contributed by atoms with Crippen LogP contribution in [0.5, 0.6) is 0 Å². The first kappa shape index (κ1) is 20.1. The second kappa shape index (κ2) is 8.58. The summed E-state index contributed by atoms with van der Waals surface area (Å²) in [4.78, 5) is 28.9. The van der Waals surface area contributed by atoms with Gasteiger partial charge in [0.2, 0.25) is 5.91 Å². The van der Waals surface area contributed by atoms with E-state index in [0.717, 1.165) is 28.6 Å². The Morgan fingerprint density at radius 1 is 1.25 bits per heavy atom. The molecule has 3 aromatic rings. The lowest BCUT2D eigenvalue weighted by Crippen LogP contribution is -2.22. The summed E-state index contributed by atoms with van der Waals surface area (Å²) in [5.41, 5.74) is 2.82. The number of benzene rings is 2. The molecule has 1 heterocycles. The van der Waals surface area contributed by atoms with E-state index >= 15 is 0 Å². The van der Waals surface area contributed by atoms with Gasteiger partial charge in [-0.2, -0.15) is 0 Å². The smallest absolute Gasteiger partial charge is 0.287 e. The van der Waals surface area contributed by atoms with Crippen LogP contribution in [0.1, 0.15) is 11.1 Å². The van der Waals surface area contributed by atoms with Crippen molar-refractivity contribution in [3.05, 3.63) is 81.1 Å². The second-order valence-corrected chi connectivity index (χ2v) is 7.53. The highest BCUT2D eigenvalue weighted by Crippen LogP contribution is 2.20. The number of carbonyl (C=O) groups excluding carboxylic acids is 1. The van der Waals surface area contributed by atoms with E-state index in [9.17, 15) is 14.0 Å². The molecule has 0 aliphatic rings. The van der Waals surface area contributed by atoms with Crippen molar-refractivity contribution in [2.45, 2.75) is 18.9 Å². The van der Waals surface area contributed by atoms with Gasteiger partial charge in [-0.3, -0.25) is 14.2 Å². The molecule has 5 nitrogen and oxygen atoms in total. The van der Waals surface area contributed by atoms with E-state index in [1.807, 2.05) is 32.0 Å². The maximum Gasteiger partial charge on any atom is 0.287 e. The molecule has 144 valence electrons. The summed E-state index contributed by atoms with van der Waals surface area (Å²) >= 11 is 6.83. The molecule has 1 aromatic heterocycles. The molecule has 0 aliphatic carbocycles. The minimum atomic E-state index is -0.565. The van der Waals surface area contributed by atoms with Gasteiger partial charge in [-0.25, -0.2) is 9.37 Å². The summed E-state index contributed by atoms with van der Waals surface area (Å²) in [5, 5.41) is 2.92. The molecule has 0 fully saturated rings. The Morgan fingerprint density at radius 2 is 2.04 bits per heavy atom. The predicted octanol–water partition coefficient (Wildman–Crippen LogP) is 4.37. The fourth-order valence-electron chi connectivity index (χ4n) is 2.60. The first-order chi connectivity index (χ1) is 13.3. The molecule has 0 saturated heterocycles. The summed E-state index contributed by atoms with van der Waals surface area (Å²) < 4.78 is 14.7. The van der Waals surface area contributed by atoms with Crippen molar-refractivity contribution in [1.82, 2.24) is 9.55 Å². The molecule has 8 heteroatoms. The Balaban J connectivity index is 1.73. The third-order valence-corrected chi connectivity index (χ3v) is 5.24. The quantitative estimate of drug-likeness (QED) is 0.626. The minimum absolute atomic E-state index is 0.0315. The van der Waals surface area contributed by atoms with Gasteiger partial charge >= 0.3 is 0 Å². The fourth-order valence-corrected chi connectivity index (χ4v) is 3.48. The third kappa shape index (κ3) is 4.61. The first-order valence-corrected chi connectivity index (χ1v) is 9.74. The zero-order chi connectivity index (χ0) is 20.3. The number of nitrogens with zero attached hydrogens (tertiary/aromatic N) is 2. The number of hydrogen-bond donors (Lipinski definition) is 1. The van der Waals surface area contributed by atoms with Crippen LogP contribution < -0.4 is 10.9 Å². The van der Waals surface area contributed by atoms with Gasteiger partial charge in [-0.15, -0.1) is 0 Å². The zero-order valence-corrected chi connectivity index (χ0v) is 16.8. The van der Waals surface area contributed by atoms with Crippen molar-refractivity contribution in [2.24, 2.45) is 0 Å². The molecule has 0 bridgehead atoms. The van der Waals surface area contributed by atoms with Gasteiger partial charge in [0.05, 0.1) is 16.5 Å². The van der Waals surface area contributed by atoms with E-state index in [1.54, 1.807) is 0 Å². The van der Waals surface area contributed by atoms with Crippen LogP contribution in [0.15, 0.2) is 58.6 Å². The van der Waals surface area contributed by atoms with Crippen molar-refractivity contribution < 1.29 is 9.18 Å². The number of rotatable bonds is 5. The molecule has 28 heavy (non-hydrogen) atoms. The highest BCUT2D eigenvalue weighted by atomic mass is 35.5. The van der Waals surface area contributed by atoms with Crippen molar-refractivity contribution in [3.63, 3.8) is 0 Å². The molecular formula is C20H17ClFN3O2S. The average molecular weight is 418 g/mol. The van der Waals surface area contributed by atoms with Gasteiger partial charge in [0, 0.05) is 18.1 Å². The number of halogens is 2. The van der Waals surface area contributed by atoms with Gasteiger partial charge in [-0.05, 0) is 43.7 Å². The van der Waals surface area contributed by atoms with Gasteiger partial charge < -0.3 is 5.32 Å². The molecule has 1 N–H and O–H groups in total. The molecular weight excluding hydrogens is 401 g/mol. The lowest BCUT2D eigenvalue weighted by atomic mass is 10.1. The Kier molecular flexibility index (Phi) is 6.16. The van der Waals surface area contributed by atoms with Gasteiger partial charge in [0.25, 0.3) is 5.56 Å². The van der Waals surface area contributed by atoms with E-state index in [0.29, 0.717) is 5.69 Å². The van der Waals surface area contributed by atoms with Crippen LogP contribution in [0.25, 0.3) is 5.69 Å². The van der Waals surface area contributed by atoms with Crippen LogP contribution in [0.4, 0.5) is 10.1 Å². The molecule has 1 amide bonds. The highest BCUT2D eigenvalue weighted by molar-refractivity contribution is 7.99. The zero-order valence-electron chi connectivity index (χ0n) is 15.2. The highest BCUT2D eigenvalue weighted by Gasteiger charge is 2.12. The number of carbonyl (C=O) groups is 1. The normalized spacial score (nSPS) is 10.7. The van der Waals surface area contributed by atoms with Crippen molar-refractivity contribution in [3.8, 4) is 5.69 Å². The summed E-state index contributed by atoms with van der Waals surface area (Å²) in [7, 11) is 0. The summed E-state index contributed by atoms with van der Waals surface area (Å²) in [5.74, 6) is -0.771. The van der Waals surface area contributed by atoms with Gasteiger partial charge in [-0.1, -0.05) is 41.1 Å². The summed E-state index contributed by atoms with van der Waals surface area (Å²) in [6.07, 6.45) is 2.91. The van der Waals surface area contributed by atoms with Crippen molar-refractivity contribution in [1.29, 1.82) is 0 Å². The van der Waals surface area contributed by atoms with Crippen LogP contribution >= 0.6 is 23.4 Å². The molecule has 0 aliphatic heterocycles. The van der Waals surface area contributed by atoms with Crippen LogP contribution in [-0.2, 0) is 4.79 Å². The van der Waals surface area contributed by atoms with E-state index in [2.05, 4.69) is 10.3 Å². The second-order valence-electron chi connectivity index (χ2n) is 6.16. The molecule has 3 rings (SSSR count). The Hall–Kier alpha value is -2.64. The number of anilines is 1. The molecule has 0 unspecified atom stereocenters. The van der Waals surface area contributed by atoms with E-state index in [4.69, 9.17) is 11.6 Å². The largest absolute Gasteiger partial charge is 0.325 e. The lowest BCUT2D eigenvalue weighted by Gasteiger charge is -2.10. The Morgan fingerprint density at radius 3 is 2.75 bits per heavy atom. The van der Waals surface area contributed by atoms with E-state index in [-0.39, 0.29) is 21.7 Å². The number of aromatic nitrogens is 2. The van der Waals surface area contributed by atoms with Crippen LogP contribution in [-0.4, -0.2) is 21.2 Å².